The molecule has 1 unspecified atom stereocenters. The van der Waals surface area contributed by atoms with Crippen LogP contribution in [0.25, 0.3) is 11.0 Å². The van der Waals surface area contributed by atoms with Crippen LogP contribution in [0.5, 0.6) is 5.88 Å². The number of aromatic nitrogens is 6. The highest BCUT2D eigenvalue weighted by Gasteiger charge is 2.34. The second kappa shape index (κ2) is 7.53. The molecule has 1 N–H and O–H groups in total. The molecule has 3 aromatic rings. The predicted octanol–water partition coefficient (Wildman–Crippen LogP) is 1.09. The van der Waals surface area contributed by atoms with Crippen LogP contribution in [0.1, 0.15) is 37.7 Å². The second-order valence-corrected chi connectivity index (χ2v) is 7.53. The molecule has 1 atom stereocenters. The molecular weight excluding hydrogens is 374 g/mol. The zero-order valence-corrected chi connectivity index (χ0v) is 16.2. The number of likely N-dealkylation sites (tertiary alicyclic amines) is 1. The number of H-pyrrole nitrogens is 1. The van der Waals surface area contributed by atoms with Crippen molar-refractivity contribution < 1.29 is 9.47 Å². The summed E-state index contributed by atoms with van der Waals surface area (Å²) in [7, 11) is 0. The minimum atomic E-state index is -0.150. The highest BCUT2D eigenvalue weighted by Crippen LogP contribution is 2.27. The highest BCUT2D eigenvalue weighted by atomic mass is 16.5. The van der Waals surface area contributed by atoms with Gasteiger partial charge in [-0.3, -0.25) is 14.7 Å². The Morgan fingerprint density at radius 3 is 2.83 bits per heavy atom. The van der Waals surface area contributed by atoms with Crippen molar-refractivity contribution >= 4 is 11.0 Å². The van der Waals surface area contributed by atoms with Crippen molar-refractivity contribution in [2.24, 2.45) is 0 Å². The minimum absolute atomic E-state index is 0.0353. The van der Waals surface area contributed by atoms with Crippen molar-refractivity contribution in [1.29, 1.82) is 0 Å². The van der Waals surface area contributed by atoms with Gasteiger partial charge in [0.25, 0.3) is 5.56 Å². The molecule has 2 aliphatic heterocycles. The Kier molecular flexibility index (Phi) is 4.72. The molecule has 5 heterocycles. The van der Waals surface area contributed by atoms with Crippen LogP contribution in [0.2, 0.25) is 0 Å². The highest BCUT2D eigenvalue weighted by molar-refractivity contribution is 5.73. The predicted molar refractivity (Wildman–Crippen MR) is 104 cm³/mol. The minimum Gasteiger partial charge on any atom is -0.471 e. The van der Waals surface area contributed by atoms with Crippen molar-refractivity contribution in [3.8, 4) is 5.88 Å². The Bertz CT molecular complexity index is 1040. The van der Waals surface area contributed by atoms with Gasteiger partial charge in [-0.1, -0.05) is 0 Å². The number of nitrogens with zero attached hydrogens (tertiary/aromatic N) is 6. The number of hydrogen-bond acceptors (Lipinski definition) is 8. The molecule has 0 radical (unpaired) electrons. The first-order valence-corrected chi connectivity index (χ1v) is 9.91. The summed E-state index contributed by atoms with van der Waals surface area (Å²) in [6.07, 6.45) is 8.26. The van der Waals surface area contributed by atoms with E-state index in [9.17, 15) is 4.79 Å². The summed E-state index contributed by atoms with van der Waals surface area (Å²) >= 11 is 0. The molecule has 3 aromatic heterocycles. The van der Waals surface area contributed by atoms with Crippen LogP contribution in [0, 0.1) is 0 Å². The summed E-state index contributed by atoms with van der Waals surface area (Å²) < 4.78 is 13.1. The zero-order chi connectivity index (χ0) is 19.8. The molecule has 0 aliphatic carbocycles. The molecule has 0 aromatic carbocycles. The largest absolute Gasteiger partial charge is 0.471 e. The lowest BCUT2D eigenvalue weighted by Crippen LogP contribution is -2.54. The summed E-state index contributed by atoms with van der Waals surface area (Å²) in [5.74, 6) is 1.17. The summed E-state index contributed by atoms with van der Waals surface area (Å²) in [6.45, 7) is 4.92. The van der Waals surface area contributed by atoms with Gasteiger partial charge in [0.05, 0.1) is 24.5 Å². The third-order valence-electron chi connectivity index (χ3n) is 5.67. The third kappa shape index (κ3) is 3.49. The number of aromatic amines is 1. The van der Waals surface area contributed by atoms with E-state index in [-0.39, 0.29) is 23.7 Å². The van der Waals surface area contributed by atoms with Crippen LogP contribution in [-0.4, -0.2) is 67.0 Å². The maximum atomic E-state index is 12.6. The Labute approximate surface area is 166 Å². The Morgan fingerprint density at radius 1 is 1.24 bits per heavy atom. The van der Waals surface area contributed by atoms with Crippen LogP contribution in [-0.2, 0) is 4.74 Å². The van der Waals surface area contributed by atoms with E-state index in [0.29, 0.717) is 36.0 Å². The van der Waals surface area contributed by atoms with Gasteiger partial charge < -0.3 is 14.5 Å². The van der Waals surface area contributed by atoms with Gasteiger partial charge in [-0.25, -0.2) is 14.6 Å². The average molecular weight is 397 g/mol. The summed E-state index contributed by atoms with van der Waals surface area (Å²) in [4.78, 5) is 30.7. The van der Waals surface area contributed by atoms with E-state index in [1.165, 1.54) is 0 Å². The first-order valence-electron chi connectivity index (χ1n) is 9.91. The molecular formula is C19H23N7O3. The van der Waals surface area contributed by atoms with Crippen LogP contribution < -0.4 is 10.3 Å². The van der Waals surface area contributed by atoms with Gasteiger partial charge in [0.1, 0.15) is 17.3 Å². The Hall–Kier alpha value is -2.85. The summed E-state index contributed by atoms with van der Waals surface area (Å²) in [6, 6.07) is 0.180. The van der Waals surface area contributed by atoms with Crippen LogP contribution in [0.3, 0.4) is 0 Å². The Balaban J connectivity index is 1.33. The van der Waals surface area contributed by atoms with Gasteiger partial charge in [0, 0.05) is 38.7 Å². The summed E-state index contributed by atoms with van der Waals surface area (Å²) in [5, 5.41) is 4.98. The molecule has 0 bridgehead atoms. The molecule has 152 valence electrons. The molecule has 2 fully saturated rings. The molecule has 0 amide bonds. The van der Waals surface area contributed by atoms with Crippen LogP contribution in [0.4, 0.5) is 0 Å². The molecule has 10 heteroatoms. The maximum Gasteiger partial charge on any atom is 0.262 e. The average Bonchev–Trinajstić information content (AvgIpc) is 3.16. The first kappa shape index (κ1) is 18.2. The topological polar surface area (TPSA) is 111 Å². The second-order valence-electron chi connectivity index (χ2n) is 7.53. The Morgan fingerprint density at radius 2 is 2.07 bits per heavy atom. The molecule has 5 rings (SSSR count). The number of ether oxygens (including phenoxy) is 2. The van der Waals surface area contributed by atoms with E-state index >= 15 is 0 Å². The van der Waals surface area contributed by atoms with Crippen molar-refractivity contribution in [1.82, 2.24) is 34.6 Å². The van der Waals surface area contributed by atoms with E-state index in [4.69, 9.17) is 14.5 Å². The molecule has 0 saturated carbocycles. The van der Waals surface area contributed by atoms with Gasteiger partial charge in [0.15, 0.2) is 5.65 Å². The first-order chi connectivity index (χ1) is 14.2. The van der Waals surface area contributed by atoms with E-state index < -0.39 is 0 Å². The SMILES string of the molecule is CC(c1nc2c(cnn2C2CCOCC2)c(=O)[nH]1)N1CC(Oc2cnccn2)C1. The standard InChI is InChI=1S/C19H23N7O3/c1-12(25-10-14(11-25)29-16-9-20-4-5-21-16)17-23-18-15(19(27)24-17)8-22-26(18)13-2-6-28-7-3-13/h4-5,8-9,12-14H,2-3,6-7,10-11H2,1H3,(H,23,24,27). The fourth-order valence-electron chi connectivity index (χ4n) is 3.90. The fraction of sp³-hybridized carbons (Fsp3) is 0.526. The van der Waals surface area contributed by atoms with Crippen LogP contribution in [0.15, 0.2) is 29.6 Å². The van der Waals surface area contributed by atoms with Gasteiger partial charge in [-0.15, -0.1) is 0 Å². The van der Waals surface area contributed by atoms with Gasteiger partial charge in [-0.2, -0.15) is 5.10 Å². The lowest BCUT2D eigenvalue weighted by molar-refractivity contribution is -0.00984. The molecule has 29 heavy (non-hydrogen) atoms. The summed E-state index contributed by atoms with van der Waals surface area (Å²) in [5.41, 5.74) is 0.499. The van der Waals surface area contributed by atoms with Crippen molar-refractivity contribution in [3.05, 3.63) is 41.0 Å². The fourth-order valence-corrected chi connectivity index (χ4v) is 3.90. The monoisotopic (exact) mass is 397 g/mol. The third-order valence-corrected chi connectivity index (χ3v) is 5.67. The quantitative estimate of drug-likeness (QED) is 0.681. The van der Waals surface area contributed by atoms with E-state index in [1.807, 2.05) is 11.6 Å². The van der Waals surface area contributed by atoms with Gasteiger partial charge in [0.2, 0.25) is 5.88 Å². The van der Waals surface area contributed by atoms with E-state index in [0.717, 1.165) is 25.9 Å². The normalized spacial score (nSPS) is 19.9. The van der Waals surface area contributed by atoms with Crippen LogP contribution >= 0.6 is 0 Å². The lowest BCUT2D eigenvalue weighted by atomic mass is 10.1. The lowest BCUT2D eigenvalue weighted by Gasteiger charge is -2.41. The number of rotatable bonds is 5. The number of hydrogen-bond donors (Lipinski definition) is 1. The smallest absolute Gasteiger partial charge is 0.262 e. The zero-order valence-electron chi connectivity index (χ0n) is 16.2. The molecule has 10 nitrogen and oxygen atoms in total. The van der Waals surface area contributed by atoms with E-state index in [1.54, 1.807) is 24.8 Å². The van der Waals surface area contributed by atoms with Crippen molar-refractivity contribution in [2.45, 2.75) is 38.0 Å². The molecule has 2 saturated heterocycles. The number of nitrogens with one attached hydrogen (secondary N) is 1. The van der Waals surface area contributed by atoms with Gasteiger partial charge >= 0.3 is 0 Å². The van der Waals surface area contributed by atoms with E-state index in [2.05, 4.69) is 25.0 Å². The van der Waals surface area contributed by atoms with Crippen molar-refractivity contribution in [2.75, 3.05) is 26.3 Å². The maximum absolute atomic E-state index is 12.6. The van der Waals surface area contributed by atoms with Crippen molar-refractivity contribution in [3.63, 3.8) is 0 Å². The molecule has 0 spiro atoms. The number of fused-ring (bicyclic) bond motifs is 1. The molecule has 2 aliphatic rings. The van der Waals surface area contributed by atoms with Gasteiger partial charge in [-0.05, 0) is 19.8 Å².